The molecule has 5 aliphatic rings. The van der Waals surface area contributed by atoms with Crippen LogP contribution in [0.25, 0.3) is 0 Å². The molecule has 108 valence electrons. The van der Waals surface area contributed by atoms with Gasteiger partial charge in [-0.25, -0.2) is 0 Å². The van der Waals surface area contributed by atoms with E-state index in [2.05, 4.69) is 4.90 Å². The standard InChI is InChI=1S/C17H30N2/c18-4-3-16-2-1-5-19(16)11-17-14-7-12-6-13(9-14)10-15(17)8-12/h12-17H,1-11,18H2. The zero-order valence-corrected chi connectivity index (χ0v) is 12.3. The van der Waals surface area contributed by atoms with Crippen molar-refractivity contribution in [2.24, 2.45) is 35.3 Å². The third-order valence-electron chi connectivity index (χ3n) is 6.87. The summed E-state index contributed by atoms with van der Waals surface area (Å²) in [5.74, 6) is 5.48. The van der Waals surface area contributed by atoms with Crippen molar-refractivity contribution in [3.05, 3.63) is 0 Å². The van der Waals surface area contributed by atoms with Gasteiger partial charge in [0, 0.05) is 12.6 Å². The Morgan fingerprint density at radius 1 is 0.947 bits per heavy atom. The number of nitrogens with two attached hydrogens (primary N) is 1. The van der Waals surface area contributed by atoms with Crippen LogP contribution in [-0.4, -0.2) is 30.6 Å². The lowest BCUT2D eigenvalue weighted by molar-refractivity contribution is -0.0504. The van der Waals surface area contributed by atoms with Gasteiger partial charge >= 0.3 is 0 Å². The second-order valence-electron chi connectivity index (χ2n) is 7.96. The molecule has 0 aromatic carbocycles. The van der Waals surface area contributed by atoms with Crippen LogP contribution in [0.2, 0.25) is 0 Å². The van der Waals surface area contributed by atoms with Crippen molar-refractivity contribution >= 4 is 0 Å². The highest BCUT2D eigenvalue weighted by Crippen LogP contribution is 2.56. The normalized spacial score (nSPS) is 49.1. The first-order valence-corrected chi connectivity index (χ1v) is 8.77. The van der Waals surface area contributed by atoms with Crippen LogP contribution < -0.4 is 5.73 Å². The molecule has 5 fully saturated rings. The van der Waals surface area contributed by atoms with Gasteiger partial charge in [0.25, 0.3) is 0 Å². The number of hydrogen-bond acceptors (Lipinski definition) is 2. The summed E-state index contributed by atoms with van der Waals surface area (Å²) in [4.78, 5) is 2.82. The zero-order valence-electron chi connectivity index (χ0n) is 12.3. The average Bonchev–Trinajstić information content (AvgIpc) is 2.81. The quantitative estimate of drug-likeness (QED) is 0.844. The Hall–Kier alpha value is -0.0800. The van der Waals surface area contributed by atoms with E-state index in [4.69, 9.17) is 5.73 Å². The molecule has 5 rings (SSSR count). The molecule has 1 atom stereocenters. The minimum Gasteiger partial charge on any atom is -0.330 e. The van der Waals surface area contributed by atoms with Crippen molar-refractivity contribution in [3.8, 4) is 0 Å². The molecule has 2 nitrogen and oxygen atoms in total. The number of likely N-dealkylation sites (tertiary alicyclic amines) is 1. The van der Waals surface area contributed by atoms with E-state index in [1.807, 2.05) is 0 Å². The van der Waals surface area contributed by atoms with Crippen LogP contribution in [0.15, 0.2) is 0 Å². The third kappa shape index (κ3) is 2.25. The molecular formula is C17H30N2. The van der Waals surface area contributed by atoms with E-state index in [9.17, 15) is 0 Å². The molecule has 4 saturated carbocycles. The number of nitrogens with zero attached hydrogens (tertiary/aromatic N) is 1. The maximum absolute atomic E-state index is 5.79. The lowest BCUT2D eigenvalue weighted by Gasteiger charge is -2.55. The van der Waals surface area contributed by atoms with Crippen molar-refractivity contribution in [2.45, 2.75) is 57.4 Å². The van der Waals surface area contributed by atoms with Crippen molar-refractivity contribution in [2.75, 3.05) is 19.6 Å². The number of hydrogen-bond donors (Lipinski definition) is 1. The van der Waals surface area contributed by atoms with Gasteiger partial charge in [-0.15, -0.1) is 0 Å². The van der Waals surface area contributed by atoms with E-state index >= 15 is 0 Å². The van der Waals surface area contributed by atoms with Crippen LogP contribution in [0.5, 0.6) is 0 Å². The van der Waals surface area contributed by atoms with Gasteiger partial charge in [0.2, 0.25) is 0 Å². The summed E-state index contributed by atoms with van der Waals surface area (Å²) in [5.41, 5.74) is 5.79. The van der Waals surface area contributed by atoms with Crippen LogP contribution in [0.3, 0.4) is 0 Å². The summed E-state index contributed by atoms with van der Waals surface area (Å²) in [7, 11) is 0. The molecule has 2 heteroatoms. The number of rotatable bonds is 4. The zero-order chi connectivity index (χ0) is 12.8. The fraction of sp³-hybridized carbons (Fsp3) is 1.00. The second kappa shape index (κ2) is 5.04. The summed E-state index contributed by atoms with van der Waals surface area (Å²) in [6.07, 6.45) is 11.9. The Labute approximate surface area is 118 Å². The summed E-state index contributed by atoms with van der Waals surface area (Å²) in [6.45, 7) is 3.65. The van der Waals surface area contributed by atoms with Gasteiger partial charge in [0.15, 0.2) is 0 Å². The van der Waals surface area contributed by atoms with Crippen molar-refractivity contribution in [3.63, 3.8) is 0 Å². The molecule has 1 unspecified atom stereocenters. The molecule has 19 heavy (non-hydrogen) atoms. The molecule has 1 heterocycles. The Kier molecular flexibility index (Phi) is 3.35. The molecule has 1 saturated heterocycles. The Bertz CT molecular complexity index is 299. The van der Waals surface area contributed by atoms with Crippen LogP contribution >= 0.6 is 0 Å². The van der Waals surface area contributed by atoms with E-state index in [0.29, 0.717) is 0 Å². The summed E-state index contributed by atoms with van der Waals surface area (Å²) in [5, 5.41) is 0. The molecule has 2 N–H and O–H groups in total. The monoisotopic (exact) mass is 262 g/mol. The minimum absolute atomic E-state index is 0.821. The predicted octanol–water partition coefficient (Wildman–Crippen LogP) is 2.87. The average molecular weight is 262 g/mol. The van der Waals surface area contributed by atoms with E-state index in [-0.39, 0.29) is 0 Å². The smallest absolute Gasteiger partial charge is 0.0108 e. The van der Waals surface area contributed by atoms with Crippen LogP contribution in [0.1, 0.15) is 51.4 Å². The molecule has 0 aromatic rings. The topological polar surface area (TPSA) is 29.3 Å². The van der Waals surface area contributed by atoms with Crippen LogP contribution in [-0.2, 0) is 0 Å². The summed E-state index contributed by atoms with van der Waals surface area (Å²) in [6, 6.07) is 0.821. The highest BCUT2D eigenvalue weighted by atomic mass is 15.2. The maximum Gasteiger partial charge on any atom is 0.0108 e. The van der Waals surface area contributed by atoms with Gasteiger partial charge in [-0.1, -0.05) is 0 Å². The van der Waals surface area contributed by atoms with E-state index < -0.39 is 0 Å². The minimum atomic E-state index is 0.821. The maximum atomic E-state index is 5.79. The summed E-state index contributed by atoms with van der Waals surface area (Å²) >= 11 is 0. The Morgan fingerprint density at radius 3 is 2.26 bits per heavy atom. The fourth-order valence-corrected chi connectivity index (χ4v) is 6.26. The van der Waals surface area contributed by atoms with Gasteiger partial charge in [-0.05, 0) is 94.0 Å². The first kappa shape index (κ1) is 12.6. The molecular weight excluding hydrogens is 232 g/mol. The Morgan fingerprint density at radius 2 is 1.63 bits per heavy atom. The first-order chi connectivity index (χ1) is 9.33. The second-order valence-corrected chi connectivity index (χ2v) is 7.96. The molecule has 0 spiro atoms. The third-order valence-corrected chi connectivity index (χ3v) is 6.87. The molecule has 0 aromatic heterocycles. The molecule has 0 radical (unpaired) electrons. The van der Waals surface area contributed by atoms with Gasteiger partial charge in [-0.2, -0.15) is 0 Å². The van der Waals surface area contributed by atoms with Gasteiger partial charge in [0.05, 0.1) is 0 Å². The largest absolute Gasteiger partial charge is 0.330 e. The fourth-order valence-electron chi connectivity index (χ4n) is 6.26. The highest BCUT2D eigenvalue weighted by Gasteiger charge is 2.48. The molecule has 0 amide bonds. The van der Waals surface area contributed by atoms with Crippen molar-refractivity contribution < 1.29 is 0 Å². The highest BCUT2D eigenvalue weighted by molar-refractivity contribution is 4.99. The van der Waals surface area contributed by atoms with Crippen LogP contribution in [0.4, 0.5) is 0 Å². The molecule has 4 bridgehead atoms. The lowest BCUT2D eigenvalue weighted by Crippen LogP contribution is -2.49. The Balaban J connectivity index is 1.42. The van der Waals surface area contributed by atoms with Gasteiger partial charge in [0.1, 0.15) is 0 Å². The predicted molar refractivity (Wildman–Crippen MR) is 78.8 cm³/mol. The van der Waals surface area contributed by atoms with Gasteiger partial charge in [-0.3, -0.25) is 0 Å². The SMILES string of the molecule is NCCC1CCCN1CC1C2CC3CC(C2)CC1C3. The van der Waals surface area contributed by atoms with Crippen LogP contribution in [0, 0.1) is 29.6 Å². The van der Waals surface area contributed by atoms with E-state index in [1.54, 1.807) is 32.1 Å². The molecule has 4 aliphatic carbocycles. The van der Waals surface area contributed by atoms with Crippen molar-refractivity contribution in [1.82, 2.24) is 4.90 Å². The summed E-state index contributed by atoms with van der Waals surface area (Å²) < 4.78 is 0. The van der Waals surface area contributed by atoms with Gasteiger partial charge < -0.3 is 10.6 Å². The lowest BCUT2D eigenvalue weighted by atomic mass is 9.52. The van der Waals surface area contributed by atoms with E-state index in [1.165, 1.54) is 32.4 Å². The van der Waals surface area contributed by atoms with E-state index in [0.717, 1.165) is 42.2 Å². The molecule has 1 aliphatic heterocycles. The first-order valence-electron chi connectivity index (χ1n) is 8.77. The van der Waals surface area contributed by atoms with Crippen molar-refractivity contribution in [1.29, 1.82) is 0 Å².